The van der Waals surface area contributed by atoms with E-state index in [0.29, 0.717) is 24.7 Å². The van der Waals surface area contributed by atoms with Gasteiger partial charge in [-0.15, -0.1) is 0 Å². The average Bonchev–Trinajstić information content (AvgIpc) is 2.81. The van der Waals surface area contributed by atoms with Crippen LogP contribution >= 0.6 is 0 Å². The average molecular weight is 402 g/mol. The van der Waals surface area contributed by atoms with Crippen molar-refractivity contribution < 1.29 is 9.53 Å². The molecular weight excluding hydrogens is 376 g/mol. The maximum atomic E-state index is 12.8. The molecule has 2 amide bonds. The van der Waals surface area contributed by atoms with Gasteiger partial charge in [0.05, 0.1) is 13.2 Å². The van der Waals surface area contributed by atoms with Crippen LogP contribution < -0.4 is 10.1 Å². The van der Waals surface area contributed by atoms with Gasteiger partial charge in [0, 0.05) is 32.4 Å². The number of benzene rings is 2. The lowest BCUT2D eigenvalue weighted by Crippen LogP contribution is -2.51. The molecular formula is C24H26N4O2. The Bertz CT molecular complexity index is 918. The number of hydrogen-bond acceptors (Lipinski definition) is 4. The maximum Gasteiger partial charge on any atom is 0.322 e. The van der Waals surface area contributed by atoms with Crippen LogP contribution in [0.5, 0.6) is 5.88 Å². The number of ether oxygens (including phenoxy) is 1. The molecule has 1 aliphatic rings. The van der Waals surface area contributed by atoms with E-state index in [1.54, 1.807) is 25.4 Å². The Morgan fingerprint density at radius 3 is 2.07 bits per heavy atom. The van der Waals surface area contributed by atoms with E-state index in [0.717, 1.165) is 13.1 Å². The van der Waals surface area contributed by atoms with Gasteiger partial charge in [-0.25, -0.2) is 9.78 Å². The number of urea groups is 1. The summed E-state index contributed by atoms with van der Waals surface area (Å²) in [6.07, 6.45) is 1.64. The molecule has 2 heterocycles. The van der Waals surface area contributed by atoms with Crippen LogP contribution in [0.1, 0.15) is 17.2 Å². The van der Waals surface area contributed by atoms with Gasteiger partial charge in [0.25, 0.3) is 0 Å². The Kier molecular flexibility index (Phi) is 6.25. The number of amides is 2. The van der Waals surface area contributed by atoms with Gasteiger partial charge >= 0.3 is 6.03 Å². The van der Waals surface area contributed by atoms with Crippen LogP contribution in [-0.2, 0) is 0 Å². The third kappa shape index (κ3) is 4.44. The van der Waals surface area contributed by atoms with Crippen molar-refractivity contribution in [3.8, 4) is 5.88 Å². The number of hydrogen-bond donors (Lipinski definition) is 1. The number of rotatable bonds is 5. The molecule has 0 aliphatic carbocycles. The molecule has 1 aromatic heterocycles. The molecule has 1 fully saturated rings. The van der Waals surface area contributed by atoms with Crippen LogP contribution in [0.15, 0.2) is 79.0 Å². The first-order chi connectivity index (χ1) is 14.8. The Morgan fingerprint density at radius 1 is 0.900 bits per heavy atom. The highest BCUT2D eigenvalue weighted by atomic mass is 16.5. The fourth-order valence-corrected chi connectivity index (χ4v) is 3.91. The highest BCUT2D eigenvalue weighted by molar-refractivity contribution is 5.90. The Labute approximate surface area is 177 Å². The predicted molar refractivity (Wildman–Crippen MR) is 118 cm³/mol. The van der Waals surface area contributed by atoms with E-state index in [4.69, 9.17) is 4.74 Å². The van der Waals surface area contributed by atoms with Crippen LogP contribution in [0.3, 0.4) is 0 Å². The number of carbonyl (C=O) groups is 1. The highest BCUT2D eigenvalue weighted by Gasteiger charge is 2.28. The van der Waals surface area contributed by atoms with E-state index < -0.39 is 0 Å². The molecule has 0 atom stereocenters. The van der Waals surface area contributed by atoms with Crippen molar-refractivity contribution in [2.24, 2.45) is 0 Å². The quantitative estimate of drug-likeness (QED) is 0.700. The topological polar surface area (TPSA) is 57.7 Å². The second-order valence-electron chi connectivity index (χ2n) is 7.24. The molecule has 154 valence electrons. The molecule has 2 aromatic carbocycles. The molecule has 0 saturated carbocycles. The third-order valence-electron chi connectivity index (χ3n) is 5.40. The van der Waals surface area contributed by atoms with Crippen molar-refractivity contribution in [3.05, 3.63) is 90.1 Å². The standard InChI is InChI=1S/C24H26N4O2/c1-30-23-21(13-8-14-25-23)26-24(29)28-17-15-27(16-18-28)22(19-9-4-2-5-10-19)20-11-6-3-7-12-20/h2-14,22H,15-18H2,1H3,(H,26,29). The largest absolute Gasteiger partial charge is 0.480 e. The van der Waals surface area contributed by atoms with Gasteiger partial charge in [-0.05, 0) is 23.3 Å². The summed E-state index contributed by atoms with van der Waals surface area (Å²) in [5, 5.41) is 2.92. The van der Waals surface area contributed by atoms with Crippen molar-refractivity contribution >= 4 is 11.7 Å². The summed E-state index contributed by atoms with van der Waals surface area (Å²) in [5.41, 5.74) is 3.11. The van der Waals surface area contributed by atoms with Gasteiger partial charge in [0.1, 0.15) is 5.69 Å². The number of anilines is 1. The number of carbonyl (C=O) groups excluding carboxylic acids is 1. The first-order valence-corrected chi connectivity index (χ1v) is 10.1. The minimum absolute atomic E-state index is 0.128. The number of methoxy groups -OCH3 is 1. The summed E-state index contributed by atoms with van der Waals surface area (Å²) in [5.74, 6) is 0.415. The lowest BCUT2D eigenvalue weighted by molar-refractivity contribution is 0.126. The van der Waals surface area contributed by atoms with Gasteiger partial charge in [-0.1, -0.05) is 60.7 Å². The number of nitrogens with zero attached hydrogens (tertiary/aromatic N) is 3. The fourth-order valence-electron chi connectivity index (χ4n) is 3.91. The van der Waals surface area contributed by atoms with Crippen LogP contribution in [0, 0.1) is 0 Å². The monoisotopic (exact) mass is 402 g/mol. The van der Waals surface area contributed by atoms with Crippen molar-refractivity contribution in [2.45, 2.75) is 6.04 Å². The number of piperazine rings is 1. The van der Waals surface area contributed by atoms with Crippen LogP contribution in [0.2, 0.25) is 0 Å². The zero-order valence-electron chi connectivity index (χ0n) is 17.1. The van der Waals surface area contributed by atoms with Crippen molar-refractivity contribution in [1.82, 2.24) is 14.8 Å². The van der Waals surface area contributed by atoms with E-state index in [1.807, 2.05) is 17.0 Å². The summed E-state index contributed by atoms with van der Waals surface area (Å²) in [7, 11) is 1.55. The summed E-state index contributed by atoms with van der Waals surface area (Å²) in [4.78, 5) is 21.2. The Hall–Kier alpha value is -3.38. The van der Waals surface area contributed by atoms with Gasteiger partial charge in [-0.3, -0.25) is 4.90 Å². The highest BCUT2D eigenvalue weighted by Crippen LogP contribution is 2.29. The molecule has 6 nitrogen and oxygen atoms in total. The molecule has 0 bridgehead atoms. The molecule has 3 aromatic rings. The third-order valence-corrected chi connectivity index (χ3v) is 5.40. The Morgan fingerprint density at radius 2 is 1.50 bits per heavy atom. The first-order valence-electron chi connectivity index (χ1n) is 10.1. The second kappa shape index (κ2) is 9.41. The van der Waals surface area contributed by atoms with Crippen molar-refractivity contribution in [1.29, 1.82) is 0 Å². The Balaban J connectivity index is 1.45. The first kappa shape index (κ1) is 19.9. The van der Waals surface area contributed by atoms with Crippen LogP contribution in [-0.4, -0.2) is 54.1 Å². The van der Waals surface area contributed by atoms with Gasteiger partial charge in [0.2, 0.25) is 5.88 Å². The molecule has 1 saturated heterocycles. The summed E-state index contributed by atoms with van der Waals surface area (Å²) < 4.78 is 5.23. The number of pyridine rings is 1. The normalized spacial score (nSPS) is 14.5. The van der Waals surface area contributed by atoms with E-state index >= 15 is 0 Å². The SMILES string of the molecule is COc1ncccc1NC(=O)N1CCN(C(c2ccccc2)c2ccccc2)CC1. The van der Waals surface area contributed by atoms with E-state index in [9.17, 15) is 4.79 Å². The van der Waals surface area contributed by atoms with E-state index in [-0.39, 0.29) is 12.1 Å². The maximum absolute atomic E-state index is 12.8. The zero-order chi connectivity index (χ0) is 20.8. The van der Waals surface area contributed by atoms with E-state index in [1.165, 1.54) is 11.1 Å². The molecule has 1 N–H and O–H groups in total. The fraction of sp³-hybridized carbons (Fsp3) is 0.250. The minimum Gasteiger partial charge on any atom is -0.480 e. The molecule has 1 aliphatic heterocycles. The summed E-state index contributed by atoms with van der Waals surface area (Å²) in [6, 6.07) is 24.7. The smallest absolute Gasteiger partial charge is 0.322 e. The predicted octanol–water partition coefficient (Wildman–Crippen LogP) is 4.03. The number of aromatic nitrogens is 1. The van der Waals surface area contributed by atoms with Crippen LogP contribution in [0.4, 0.5) is 10.5 Å². The molecule has 0 unspecified atom stereocenters. The van der Waals surface area contributed by atoms with Crippen molar-refractivity contribution in [2.75, 3.05) is 38.6 Å². The lowest BCUT2D eigenvalue weighted by Gasteiger charge is -2.39. The summed E-state index contributed by atoms with van der Waals surface area (Å²) in [6.45, 7) is 2.91. The van der Waals surface area contributed by atoms with E-state index in [2.05, 4.69) is 63.7 Å². The second-order valence-corrected chi connectivity index (χ2v) is 7.24. The molecule has 0 spiro atoms. The van der Waals surface area contributed by atoms with Gasteiger partial charge < -0.3 is 15.0 Å². The summed E-state index contributed by atoms with van der Waals surface area (Å²) >= 11 is 0. The molecule has 6 heteroatoms. The zero-order valence-corrected chi connectivity index (χ0v) is 17.1. The molecule has 30 heavy (non-hydrogen) atoms. The van der Waals surface area contributed by atoms with Crippen molar-refractivity contribution in [3.63, 3.8) is 0 Å². The molecule has 4 rings (SSSR count). The minimum atomic E-state index is -0.128. The van der Waals surface area contributed by atoms with Gasteiger partial charge in [-0.2, -0.15) is 0 Å². The van der Waals surface area contributed by atoms with Crippen LogP contribution in [0.25, 0.3) is 0 Å². The van der Waals surface area contributed by atoms with Gasteiger partial charge in [0.15, 0.2) is 0 Å². The number of nitrogens with one attached hydrogen (secondary N) is 1. The lowest BCUT2D eigenvalue weighted by atomic mass is 9.96. The molecule has 0 radical (unpaired) electrons.